The largest absolute Gasteiger partial charge is 0.491 e. The van der Waals surface area contributed by atoms with Crippen molar-refractivity contribution in [1.29, 1.82) is 0 Å². The highest BCUT2D eigenvalue weighted by molar-refractivity contribution is 5.60. The molecule has 0 radical (unpaired) electrons. The predicted octanol–water partition coefficient (Wildman–Crippen LogP) is 2.14. The predicted molar refractivity (Wildman–Crippen MR) is 66.5 cm³/mol. The maximum atomic E-state index is 13.7. The smallest absolute Gasteiger partial charge is 0.165 e. The van der Waals surface area contributed by atoms with Crippen LogP contribution in [0, 0.1) is 5.82 Å². The van der Waals surface area contributed by atoms with Crippen LogP contribution in [0.3, 0.4) is 0 Å². The number of hydrogen-bond acceptors (Lipinski definition) is 4. The van der Waals surface area contributed by atoms with Gasteiger partial charge in [0.25, 0.3) is 0 Å². The van der Waals surface area contributed by atoms with E-state index in [0.717, 1.165) is 0 Å². The molecular weight excluding hydrogens is 233 g/mol. The minimum absolute atomic E-state index is 0.245. The monoisotopic (exact) mass is 247 g/mol. The molecule has 1 heterocycles. The number of benzene rings is 1. The quantitative estimate of drug-likeness (QED) is 0.899. The summed E-state index contributed by atoms with van der Waals surface area (Å²) in [5.41, 5.74) is 6.79. The van der Waals surface area contributed by atoms with Crippen LogP contribution in [0.5, 0.6) is 5.75 Å². The van der Waals surface area contributed by atoms with E-state index in [1.807, 2.05) is 6.92 Å². The maximum Gasteiger partial charge on any atom is 0.165 e. The molecule has 0 saturated carbocycles. The zero-order valence-corrected chi connectivity index (χ0v) is 10.1. The summed E-state index contributed by atoms with van der Waals surface area (Å²) >= 11 is 0. The lowest BCUT2D eigenvalue weighted by Crippen LogP contribution is -2.03. The molecule has 2 aromatic rings. The first kappa shape index (κ1) is 12.4. The topological polar surface area (TPSA) is 61.0 Å². The Morgan fingerprint density at radius 3 is 2.83 bits per heavy atom. The van der Waals surface area contributed by atoms with Gasteiger partial charge in [-0.1, -0.05) is 0 Å². The van der Waals surface area contributed by atoms with Gasteiger partial charge >= 0.3 is 0 Å². The Hall–Kier alpha value is -2.01. The van der Waals surface area contributed by atoms with Gasteiger partial charge in [0.05, 0.1) is 18.8 Å². The molecule has 0 aliphatic carbocycles. The van der Waals surface area contributed by atoms with Gasteiger partial charge in [-0.15, -0.1) is 0 Å². The molecule has 18 heavy (non-hydrogen) atoms. The Bertz CT molecular complexity index is 546. The van der Waals surface area contributed by atoms with Crippen LogP contribution in [0.4, 0.5) is 4.39 Å². The van der Waals surface area contributed by atoms with E-state index in [2.05, 4.69) is 9.97 Å². The van der Waals surface area contributed by atoms with Crippen LogP contribution in [0.15, 0.2) is 30.5 Å². The van der Waals surface area contributed by atoms with Crippen molar-refractivity contribution < 1.29 is 9.13 Å². The number of nitrogens with two attached hydrogens (primary N) is 1. The Morgan fingerprint density at radius 1 is 1.33 bits per heavy atom. The average Bonchev–Trinajstić information content (AvgIpc) is 2.41. The second-order valence-corrected chi connectivity index (χ2v) is 3.64. The van der Waals surface area contributed by atoms with E-state index in [-0.39, 0.29) is 12.3 Å². The van der Waals surface area contributed by atoms with Gasteiger partial charge in [-0.05, 0) is 31.2 Å². The molecule has 0 spiro atoms. The van der Waals surface area contributed by atoms with Crippen molar-refractivity contribution in [1.82, 2.24) is 9.97 Å². The van der Waals surface area contributed by atoms with Gasteiger partial charge in [-0.25, -0.2) is 14.4 Å². The lowest BCUT2D eigenvalue weighted by molar-refractivity contribution is 0.321. The number of aromatic nitrogens is 2. The summed E-state index contributed by atoms with van der Waals surface area (Å²) in [7, 11) is 0. The minimum Gasteiger partial charge on any atom is -0.491 e. The zero-order chi connectivity index (χ0) is 13.0. The number of halogens is 1. The van der Waals surface area contributed by atoms with Crippen LogP contribution in [0.25, 0.3) is 11.3 Å². The molecule has 2 N–H and O–H groups in total. The summed E-state index contributed by atoms with van der Waals surface area (Å²) in [5, 5.41) is 0. The summed E-state index contributed by atoms with van der Waals surface area (Å²) < 4.78 is 18.9. The number of hydrogen-bond donors (Lipinski definition) is 1. The van der Waals surface area contributed by atoms with E-state index in [4.69, 9.17) is 10.5 Å². The van der Waals surface area contributed by atoms with E-state index >= 15 is 0 Å². The van der Waals surface area contributed by atoms with Gasteiger partial charge in [0.2, 0.25) is 0 Å². The second kappa shape index (κ2) is 5.55. The Labute approximate surface area is 105 Å². The molecule has 94 valence electrons. The maximum absolute atomic E-state index is 13.7. The zero-order valence-electron chi connectivity index (χ0n) is 10.1. The summed E-state index contributed by atoms with van der Waals surface area (Å²) in [6.45, 7) is 2.50. The van der Waals surface area contributed by atoms with Gasteiger partial charge in [0.1, 0.15) is 5.82 Å². The normalized spacial score (nSPS) is 10.4. The fourth-order valence-electron chi connectivity index (χ4n) is 1.59. The Kier molecular flexibility index (Phi) is 3.84. The van der Waals surface area contributed by atoms with Crippen molar-refractivity contribution in [2.24, 2.45) is 5.73 Å². The van der Waals surface area contributed by atoms with E-state index in [1.165, 1.54) is 6.07 Å². The summed E-state index contributed by atoms with van der Waals surface area (Å²) in [6.07, 6.45) is 1.61. The Balaban J connectivity index is 2.35. The molecule has 1 aromatic carbocycles. The first-order valence-electron chi connectivity index (χ1n) is 5.69. The highest BCUT2D eigenvalue weighted by Gasteiger charge is 2.07. The molecule has 0 saturated heterocycles. The highest BCUT2D eigenvalue weighted by atomic mass is 19.1. The molecule has 0 aliphatic heterocycles. The van der Waals surface area contributed by atoms with Gasteiger partial charge in [-0.2, -0.15) is 0 Å². The lowest BCUT2D eigenvalue weighted by Gasteiger charge is -2.07. The van der Waals surface area contributed by atoms with E-state index in [1.54, 1.807) is 24.4 Å². The fraction of sp³-hybridized carbons (Fsp3) is 0.231. The molecule has 0 fully saturated rings. The molecule has 0 amide bonds. The van der Waals surface area contributed by atoms with E-state index in [0.29, 0.717) is 23.7 Å². The molecule has 4 nitrogen and oxygen atoms in total. The van der Waals surface area contributed by atoms with Crippen LogP contribution in [0.2, 0.25) is 0 Å². The third-order valence-corrected chi connectivity index (χ3v) is 2.42. The number of rotatable bonds is 4. The van der Waals surface area contributed by atoms with E-state index in [9.17, 15) is 4.39 Å². The second-order valence-electron chi connectivity index (χ2n) is 3.64. The molecule has 0 aliphatic rings. The molecule has 0 atom stereocenters. The summed E-state index contributed by atoms with van der Waals surface area (Å²) in [6, 6.07) is 6.47. The van der Waals surface area contributed by atoms with Crippen molar-refractivity contribution in [3.05, 3.63) is 42.1 Å². The van der Waals surface area contributed by atoms with Gasteiger partial charge in [0.15, 0.2) is 11.6 Å². The fourth-order valence-corrected chi connectivity index (χ4v) is 1.59. The first-order valence-corrected chi connectivity index (χ1v) is 5.69. The number of ether oxygens (including phenoxy) is 1. The van der Waals surface area contributed by atoms with Crippen molar-refractivity contribution in [3.8, 4) is 17.0 Å². The standard InChI is InChI=1S/C13H14FN3O/c1-2-18-12-4-3-9(7-10(12)14)11-5-6-16-13(8-15)17-11/h3-7H,2,8,15H2,1H3. The SMILES string of the molecule is CCOc1ccc(-c2ccnc(CN)n2)cc1F. The molecule has 5 heteroatoms. The first-order chi connectivity index (χ1) is 8.74. The van der Waals surface area contributed by atoms with Gasteiger partial charge in [-0.3, -0.25) is 0 Å². The minimum atomic E-state index is -0.401. The van der Waals surface area contributed by atoms with Crippen LogP contribution < -0.4 is 10.5 Å². The molecule has 2 rings (SSSR count). The van der Waals surface area contributed by atoms with Gasteiger partial charge in [0, 0.05) is 11.8 Å². The number of nitrogens with zero attached hydrogens (tertiary/aromatic N) is 2. The van der Waals surface area contributed by atoms with Crippen LogP contribution in [0.1, 0.15) is 12.7 Å². The van der Waals surface area contributed by atoms with Crippen molar-refractivity contribution in [2.45, 2.75) is 13.5 Å². The van der Waals surface area contributed by atoms with Gasteiger partial charge < -0.3 is 10.5 Å². The van der Waals surface area contributed by atoms with Crippen molar-refractivity contribution in [3.63, 3.8) is 0 Å². The molecule has 1 aromatic heterocycles. The van der Waals surface area contributed by atoms with E-state index < -0.39 is 5.82 Å². The van der Waals surface area contributed by atoms with Crippen LogP contribution in [-0.2, 0) is 6.54 Å². The molecule has 0 unspecified atom stereocenters. The average molecular weight is 247 g/mol. The lowest BCUT2D eigenvalue weighted by atomic mass is 10.1. The van der Waals surface area contributed by atoms with Crippen LogP contribution >= 0.6 is 0 Å². The van der Waals surface area contributed by atoms with Crippen molar-refractivity contribution >= 4 is 0 Å². The highest BCUT2D eigenvalue weighted by Crippen LogP contribution is 2.24. The third kappa shape index (κ3) is 2.62. The summed E-state index contributed by atoms with van der Waals surface area (Å²) in [4.78, 5) is 8.23. The molecular formula is C13H14FN3O. The summed E-state index contributed by atoms with van der Waals surface area (Å²) in [5.74, 6) is 0.374. The van der Waals surface area contributed by atoms with Crippen molar-refractivity contribution in [2.75, 3.05) is 6.61 Å². The third-order valence-electron chi connectivity index (χ3n) is 2.42. The molecule has 0 bridgehead atoms. The Morgan fingerprint density at radius 2 is 2.17 bits per heavy atom. The van der Waals surface area contributed by atoms with Crippen LogP contribution in [-0.4, -0.2) is 16.6 Å².